The second-order valence-electron chi connectivity index (χ2n) is 8.38. The number of nitrogens with zero attached hydrogens (tertiary/aromatic N) is 1. The van der Waals surface area contributed by atoms with Gasteiger partial charge in [-0.2, -0.15) is 0 Å². The monoisotopic (exact) mass is 422 g/mol. The quantitative estimate of drug-likeness (QED) is 0.529. The van der Waals surface area contributed by atoms with Gasteiger partial charge in [0, 0.05) is 22.5 Å². The minimum atomic E-state index is -0.119. The van der Waals surface area contributed by atoms with Crippen LogP contribution in [0.3, 0.4) is 0 Å². The number of H-pyrrole nitrogens is 1. The molecule has 0 amide bonds. The Labute approximate surface area is 181 Å². The van der Waals surface area contributed by atoms with Gasteiger partial charge in [-0.15, -0.1) is 0 Å². The van der Waals surface area contributed by atoms with Gasteiger partial charge in [-0.25, -0.2) is 4.99 Å². The van der Waals surface area contributed by atoms with E-state index in [1.807, 2.05) is 30.3 Å². The lowest BCUT2D eigenvalue weighted by Crippen LogP contribution is -2.39. The summed E-state index contributed by atoms with van der Waals surface area (Å²) in [6.07, 6.45) is 5.63. The van der Waals surface area contributed by atoms with Crippen molar-refractivity contribution in [1.82, 2.24) is 4.98 Å². The summed E-state index contributed by atoms with van der Waals surface area (Å²) in [4.78, 5) is 8.13. The van der Waals surface area contributed by atoms with E-state index in [9.17, 15) is 0 Å². The predicted molar refractivity (Wildman–Crippen MR) is 124 cm³/mol. The predicted octanol–water partition coefficient (Wildman–Crippen LogP) is 4.89. The van der Waals surface area contributed by atoms with Crippen molar-refractivity contribution in [2.45, 2.75) is 50.3 Å². The Balaban J connectivity index is 1.32. The number of ether oxygens (including phenoxy) is 1. The highest BCUT2D eigenvalue weighted by molar-refractivity contribution is 6.32. The number of benzene rings is 2. The highest BCUT2D eigenvalue weighted by Gasteiger charge is 2.28. The fourth-order valence-electron chi connectivity index (χ4n) is 4.51. The van der Waals surface area contributed by atoms with E-state index in [4.69, 9.17) is 22.1 Å². The number of aliphatic imine (C=N–C) groups is 1. The highest BCUT2D eigenvalue weighted by Crippen LogP contribution is 2.32. The van der Waals surface area contributed by atoms with Gasteiger partial charge in [0.15, 0.2) is 0 Å². The van der Waals surface area contributed by atoms with E-state index < -0.39 is 0 Å². The van der Waals surface area contributed by atoms with Crippen molar-refractivity contribution < 1.29 is 4.74 Å². The molecule has 0 saturated heterocycles. The largest absolute Gasteiger partial charge is 0.469 e. The Morgan fingerprint density at radius 1 is 1.17 bits per heavy atom. The molecule has 156 valence electrons. The molecule has 0 bridgehead atoms. The maximum atomic E-state index is 6.43. The average Bonchev–Trinajstić information content (AvgIpc) is 3.49. The van der Waals surface area contributed by atoms with Crippen LogP contribution < -0.4 is 11.1 Å². The number of anilines is 1. The van der Waals surface area contributed by atoms with Gasteiger partial charge in [-0.1, -0.05) is 54.8 Å². The maximum Gasteiger partial charge on any atom is 0.233 e. The number of rotatable bonds is 6. The normalized spacial score (nSPS) is 20.3. The second-order valence-corrected chi connectivity index (χ2v) is 8.82. The van der Waals surface area contributed by atoms with Crippen LogP contribution in [0, 0.1) is 0 Å². The third-order valence-electron chi connectivity index (χ3n) is 6.11. The van der Waals surface area contributed by atoms with Crippen LogP contribution in [-0.4, -0.2) is 35.6 Å². The molecule has 4 N–H and O–H groups in total. The number of nitrogens with one attached hydrogen (secondary N) is 2. The smallest absolute Gasteiger partial charge is 0.233 e. The first kappa shape index (κ1) is 19.5. The SMILES string of the molecule is N[C@@H](Cc1ccccc1)[C@H]1CN=C(c2cc3cc(Cl)cc(NC4CCCC4)c3[nH]2)O1. The zero-order valence-corrected chi connectivity index (χ0v) is 17.7. The van der Waals surface area contributed by atoms with E-state index in [-0.39, 0.29) is 12.1 Å². The lowest BCUT2D eigenvalue weighted by molar-refractivity contribution is 0.190. The Morgan fingerprint density at radius 2 is 1.97 bits per heavy atom. The van der Waals surface area contributed by atoms with Gasteiger partial charge in [0.05, 0.1) is 17.7 Å². The molecular weight excluding hydrogens is 396 g/mol. The van der Waals surface area contributed by atoms with E-state index >= 15 is 0 Å². The van der Waals surface area contributed by atoms with Gasteiger partial charge in [0.1, 0.15) is 11.8 Å². The van der Waals surface area contributed by atoms with Crippen LogP contribution in [0.4, 0.5) is 5.69 Å². The van der Waals surface area contributed by atoms with Gasteiger partial charge >= 0.3 is 0 Å². The molecule has 1 aromatic heterocycles. The fraction of sp³-hybridized carbons (Fsp3) is 0.375. The molecule has 30 heavy (non-hydrogen) atoms. The Kier molecular flexibility index (Phi) is 5.40. The summed E-state index contributed by atoms with van der Waals surface area (Å²) >= 11 is 6.39. The van der Waals surface area contributed by atoms with Crippen molar-refractivity contribution in [3.8, 4) is 0 Å². The summed E-state index contributed by atoms with van der Waals surface area (Å²) < 4.78 is 6.15. The minimum Gasteiger partial charge on any atom is -0.469 e. The first-order valence-electron chi connectivity index (χ1n) is 10.8. The molecule has 3 aromatic rings. The molecule has 0 unspecified atom stereocenters. The van der Waals surface area contributed by atoms with Crippen molar-refractivity contribution >= 4 is 34.1 Å². The third-order valence-corrected chi connectivity index (χ3v) is 6.33. The number of halogens is 1. The van der Waals surface area contributed by atoms with Crippen LogP contribution in [0.5, 0.6) is 0 Å². The van der Waals surface area contributed by atoms with Crippen molar-refractivity contribution in [3.05, 3.63) is 64.8 Å². The lowest BCUT2D eigenvalue weighted by Gasteiger charge is -2.19. The van der Waals surface area contributed by atoms with Gasteiger partial charge in [-0.3, -0.25) is 0 Å². The summed E-state index contributed by atoms with van der Waals surface area (Å²) in [5.74, 6) is 0.627. The van der Waals surface area contributed by atoms with Crippen LogP contribution in [0.15, 0.2) is 53.5 Å². The topological polar surface area (TPSA) is 75.4 Å². The molecule has 1 aliphatic carbocycles. The minimum absolute atomic E-state index is 0.105. The molecule has 1 saturated carbocycles. The summed E-state index contributed by atoms with van der Waals surface area (Å²) in [5.41, 5.74) is 10.6. The molecular formula is C24H27ClN4O. The first-order chi connectivity index (χ1) is 14.7. The standard InChI is InChI=1S/C24H27ClN4O/c25-17-11-16-12-21(29-23(16)20(13-17)28-18-8-4-5-9-18)24-27-14-22(30-24)19(26)10-15-6-2-1-3-7-15/h1-3,6-7,11-13,18-19,22,28-29H,4-5,8-10,14,26H2/t19-,22+/m0/s1. The number of fused-ring (bicyclic) bond motifs is 1. The molecule has 2 atom stereocenters. The Hall–Kier alpha value is -2.50. The van der Waals surface area contributed by atoms with Crippen LogP contribution in [-0.2, 0) is 11.2 Å². The second kappa shape index (κ2) is 8.32. The Morgan fingerprint density at radius 3 is 2.77 bits per heavy atom. The molecule has 1 aliphatic heterocycles. The number of hydrogen-bond acceptors (Lipinski definition) is 4. The molecule has 6 heteroatoms. The lowest BCUT2D eigenvalue weighted by atomic mass is 10.0. The molecule has 2 heterocycles. The average molecular weight is 423 g/mol. The molecule has 0 spiro atoms. The van der Waals surface area contributed by atoms with Gasteiger partial charge in [0.25, 0.3) is 0 Å². The van der Waals surface area contributed by atoms with E-state index in [2.05, 4.69) is 33.5 Å². The summed E-state index contributed by atoms with van der Waals surface area (Å²) in [6, 6.07) is 16.7. The molecule has 5 nitrogen and oxygen atoms in total. The zero-order chi connectivity index (χ0) is 20.5. The molecule has 0 radical (unpaired) electrons. The highest BCUT2D eigenvalue weighted by atomic mass is 35.5. The van der Waals surface area contributed by atoms with Crippen LogP contribution >= 0.6 is 11.6 Å². The van der Waals surface area contributed by atoms with E-state index in [0.29, 0.717) is 18.5 Å². The van der Waals surface area contributed by atoms with Gasteiger partial charge in [0.2, 0.25) is 5.90 Å². The van der Waals surface area contributed by atoms with Crippen LogP contribution in [0.25, 0.3) is 10.9 Å². The van der Waals surface area contributed by atoms with Crippen molar-refractivity contribution in [3.63, 3.8) is 0 Å². The van der Waals surface area contributed by atoms with E-state index in [1.165, 1.54) is 31.2 Å². The third kappa shape index (κ3) is 4.05. The summed E-state index contributed by atoms with van der Waals surface area (Å²) in [7, 11) is 0. The van der Waals surface area contributed by atoms with E-state index in [1.54, 1.807) is 0 Å². The van der Waals surface area contributed by atoms with Crippen molar-refractivity contribution in [2.24, 2.45) is 10.7 Å². The molecule has 5 rings (SSSR count). The number of nitrogens with two attached hydrogens (primary N) is 1. The fourth-order valence-corrected chi connectivity index (χ4v) is 4.73. The van der Waals surface area contributed by atoms with Gasteiger partial charge < -0.3 is 20.8 Å². The maximum absolute atomic E-state index is 6.43. The number of hydrogen-bond donors (Lipinski definition) is 3. The van der Waals surface area contributed by atoms with Crippen molar-refractivity contribution in [1.29, 1.82) is 0 Å². The molecule has 2 aliphatic rings. The number of aromatic nitrogens is 1. The Bertz CT molecular complexity index is 1060. The summed E-state index contributed by atoms with van der Waals surface area (Å²) in [6.45, 7) is 0.576. The summed E-state index contributed by atoms with van der Waals surface area (Å²) in [5, 5.41) is 5.45. The van der Waals surface area contributed by atoms with Crippen LogP contribution in [0.2, 0.25) is 5.02 Å². The van der Waals surface area contributed by atoms with Crippen LogP contribution in [0.1, 0.15) is 36.9 Å². The molecule has 1 fully saturated rings. The van der Waals surface area contributed by atoms with E-state index in [0.717, 1.165) is 33.7 Å². The van der Waals surface area contributed by atoms with Gasteiger partial charge in [-0.05, 0) is 43.0 Å². The zero-order valence-electron chi connectivity index (χ0n) is 16.9. The molecule has 2 aromatic carbocycles. The number of aromatic amines is 1. The van der Waals surface area contributed by atoms with Crippen molar-refractivity contribution in [2.75, 3.05) is 11.9 Å². The first-order valence-corrected chi connectivity index (χ1v) is 11.1.